The number of hydrazone groups is 1. The van der Waals surface area contributed by atoms with Crippen molar-refractivity contribution in [1.82, 2.24) is 5.43 Å². The molecule has 3 rings (SSSR count). The first-order chi connectivity index (χ1) is 15.6. The molecule has 32 heavy (non-hydrogen) atoms. The molecule has 0 atom stereocenters. The zero-order chi connectivity index (χ0) is 22.8. The maximum atomic E-state index is 12.1. The van der Waals surface area contributed by atoms with E-state index in [1.165, 1.54) is 0 Å². The third-order valence-corrected chi connectivity index (χ3v) is 4.90. The average Bonchev–Trinajstić information content (AvgIpc) is 2.80. The predicted molar refractivity (Wildman–Crippen MR) is 126 cm³/mol. The van der Waals surface area contributed by atoms with E-state index in [2.05, 4.69) is 10.5 Å². The third-order valence-electron chi connectivity index (χ3n) is 4.53. The van der Waals surface area contributed by atoms with Crippen LogP contribution >= 0.6 is 11.6 Å². The molecule has 0 saturated carbocycles. The van der Waals surface area contributed by atoms with Crippen molar-refractivity contribution >= 4 is 23.7 Å². The van der Waals surface area contributed by atoms with Gasteiger partial charge in [0.05, 0.1) is 26.4 Å². The maximum absolute atomic E-state index is 12.1. The molecule has 0 unspecified atom stereocenters. The van der Waals surface area contributed by atoms with Crippen LogP contribution in [0.1, 0.15) is 23.6 Å². The Balaban J connectivity index is 1.54. The summed E-state index contributed by atoms with van der Waals surface area (Å²) in [7, 11) is 1.57. The van der Waals surface area contributed by atoms with Crippen molar-refractivity contribution in [2.45, 2.75) is 20.0 Å². The Morgan fingerprint density at radius 2 is 1.81 bits per heavy atom. The molecular weight excluding hydrogens is 428 g/mol. The summed E-state index contributed by atoms with van der Waals surface area (Å²) in [6.45, 7) is 2.86. The zero-order valence-corrected chi connectivity index (χ0v) is 18.8. The quantitative estimate of drug-likeness (QED) is 0.346. The number of ether oxygens (including phenoxy) is 3. The van der Waals surface area contributed by atoms with Crippen molar-refractivity contribution in [1.29, 1.82) is 0 Å². The van der Waals surface area contributed by atoms with Gasteiger partial charge in [0, 0.05) is 10.6 Å². The smallest absolute Gasteiger partial charge is 0.244 e. The molecule has 0 aromatic heterocycles. The molecule has 3 aromatic carbocycles. The lowest BCUT2D eigenvalue weighted by molar-refractivity contribution is -0.120. The Morgan fingerprint density at radius 3 is 2.53 bits per heavy atom. The van der Waals surface area contributed by atoms with Crippen LogP contribution in [0.15, 0.2) is 71.8 Å². The highest BCUT2D eigenvalue weighted by Gasteiger charge is 2.07. The molecule has 0 saturated heterocycles. The Labute approximate surface area is 192 Å². The summed E-state index contributed by atoms with van der Waals surface area (Å²) in [5.41, 5.74) is 5.06. The number of nitrogens with zero attached hydrogens (tertiary/aromatic N) is 1. The molecule has 166 valence electrons. The van der Waals surface area contributed by atoms with Gasteiger partial charge in [-0.1, -0.05) is 41.9 Å². The Hall–Kier alpha value is -3.51. The van der Waals surface area contributed by atoms with Crippen LogP contribution < -0.4 is 19.6 Å². The normalized spacial score (nSPS) is 10.7. The minimum absolute atomic E-state index is 0.211. The van der Waals surface area contributed by atoms with E-state index in [0.717, 1.165) is 22.4 Å². The van der Waals surface area contributed by atoms with E-state index in [0.29, 0.717) is 29.7 Å². The molecule has 0 spiro atoms. The lowest BCUT2D eigenvalue weighted by Gasteiger charge is -2.12. The van der Waals surface area contributed by atoms with Crippen molar-refractivity contribution in [2.24, 2.45) is 5.10 Å². The largest absolute Gasteiger partial charge is 0.494 e. The van der Waals surface area contributed by atoms with E-state index < -0.39 is 0 Å². The highest BCUT2D eigenvalue weighted by atomic mass is 35.5. The number of hydrogen-bond acceptors (Lipinski definition) is 5. The lowest BCUT2D eigenvalue weighted by atomic mass is 10.1. The van der Waals surface area contributed by atoms with Gasteiger partial charge in [-0.15, -0.1) is 0 Å². The van der Waals surface area contributed by atoms with E-state index in [1.807, 2.05) is 61.5 Å². The van der Waals surface area contributed by atoms with E-state index in [9.17, 15) is 4.79 Å². The first-order valence-corrected chi connectivity index (χ1v) is 10.5. The summed E-state index contributed by atoms with van der Waals surface area (Å²) in [6, 6.07) is 20.3. The molecule has 0 aliphatic rings. The summed E-state index contributed by atoms with van der Waals surface area (Å²) in [4.78, 5) is 12.1. The van der Waals surface area contributed by atoms with Crippen molar-refractivity contribution in [3.05, 3.63) is 88.4 Å². The number of nitrogens with one attached hydrogen (secondary N) is 1. The van der Waals surface area contributed by atoms with Crippen molar-refractivity contribution in [3.8, 4) is 17.2 Å². The van der Waals surface area contributed by atoms with Gasteiger partial charge in [-0.25, -0.2) is 5.43 Å². The fourth-order valence-electron chi connectivity index (χ4n) is 2.93. The van der Waals surface area contributed by atoms with Crippen LogP contribution in [0, 0.1) is 0 Å². The molecule has 0 radical (unpaired) electrons. The van der Waals surface area contributed by atoms with Crippen LogP contribution in [-0.2, 0) is 17.8 Å². The van der Waals surface area contributed by atoms with Gasteiger partial charge >= 0.3 is 0 Å². The van der Waals surface area contributed by atoms with Gasteiger partial charge in [0.25, 0.3) is 0 Å². The summed E-state index contributed by atoms with van der Waals surface area (Å²) in [5.74, 6) is 1.71. The highest BCUT2D eigenvalue weighted by molar-refractivity contribution is 6.31. The van der Waals surface area contributed by atoms with Gasteiger partial charge < -0.3 is 14.2 Å². The molecule has 1 N–H and O–H groups in total. The fraction of sp³-hybridized carbons (Fsp3) is 0.200. The average molecular weight is 453 g/mol. The van der Waals surface area contributed by atoms with Crippen LogP contribution in [-0.4, -0.2) is 25.8 Å². The van der Waals surface area contributed by atoms with Crippen molar-refractivity contribution < 1.29 is 19.0 Å². The molecule has 7 heteroatoms. The number of carbonyl (C=O) groups excluding carboxylic acids is 1. The summed E-state index contributed by atoms with van der Waals surface area (Å²) in [6.07, 6.45) is 1.78. The maximum Gasteiger partial charge on any atom is 0.244 e. The molecular formula is C25H25ClN2O4. The van der Waals surface area contributed by atoms with Gasteiger partial charge in [0.15, 0.2) is 11.5 Å². The Kier molecular flexibility index (Phi) is 8.52. The molecule has 6 nitrogen and oxygen atoms in total. The standard InChI is InChI=1S/C25H25ClN2O4/c1-3-31-21-11-8-18(9-12-21)15-25(29)28-27-16-19-10-13-23(24(14-19)30-2)32-17-20-6-4-5-7-22(20)26/h4-14,16H,3,15,17H2,1-2H3,(H,28,29)/b27-16+. The molecule has 1 amide bonds. The van der Waals surface area contributed by atoms with Gasteiger partial charge in [0.1, 0.15) is 12.4 Å². The fourth-order valence-corrected chi connectivity index (χ4v) is 3.12. The van der Waals surface area contributed by atoms with Gasteiger partial charge in [-0.05, 0) is 54.4 Å². The number of rotatable bonds is 10. The van der Waals surface area contributed by atoms with Gasteiger partial charge in [0.2, 0.25) is 5.91 Å². The second-order valence-corrected chi connectivity index (χ2v) is 7.24. The first-order valence-electron chi connectivity index (χ1n) is 10.2. The summed E-state index contributed by atoms with van der Waals surface area (Å²) >= 11 is 6.17. The van der Waals surface area contributed by atoms with Crippen LogP contribution in [0.4, 0.5) is 0 Å². The Bertz CT molecular complexity index is 1070. The molecule has 0 heterocycles. The van der Waals surface area contributed by atoms with Crippen LogP contribution in [0.2, 0.25) is 5.02 Å². The monoisotopic (exact) mass is 452 g/mol. The van der Waals surface area contributed by atoms with Crippen molar-refractivity contribution in [2.75, 3.05) is 13.7 Å². The van der Waals surface area contributed by atoms with E-state index in [4.69, 9.17) is 25.8 Å². The second-order valence-electron chi connectivity index (χ2n) is 6.84. The molecule has 3 aromatic rings. The number of benzene rings is 3. The molecule has 0 fully saturated rings. The van der Waals surface area contributed by atoms with E-state index >= 15 is 0 Å². The van der Waals surface area contributed by atoms with Gasteiger partial charge in [-0.2, -0.15) is 5.10 Å². The molecule has 0 bridgehead atoms. The van der Waals surface area contributed by atoms with E-state index in [1.54, 1.807) is 25.5 Å². The predicted octanol–water partition coefficient (Wildman–Crippen LogP) is 5.02. The second kappa shape index (κ2) is 11.8. The lowest BCUT2D eigenvalue weighted by Crippen LogP contribution is -2.19. The number of halogens is 1. The number of amides is 1. The summed E-state index contributed by atoms with van der Waals surface area (Å²) < 4.78 is 16.7. The zero-order valence-electron chi connectivity index (χ0n) is 18.0. The van der Waals surface area contributed by atoms with Gasteiger partial charge in [-0.3, -0.25) is 4.79 Å². The summed E-state index contributed by atoms with van der Waals surface area (Å²) in [5, 5.41) is 4.68. The number of hydrogen-bond donors (Lipinski definition) is 1. The van der Waals surface area contributed by atoms with E-state index in [-0.39, 0.29) is 12.3 Å². The minimum atomic E-state index is -0.211. The first kappa shape index (κ1) is 23.2. The number of carbonyl (C=O) groups is 1. The SMILES string of the molecule is CCOc1ccc(CC(=O)N/N=C/c2ccc(OCc3ccccc3Cl)c(OC)c2)cc1. The minimum Gasteiger partial charge on any atom is -0.494 e. The van der Waals surface area contributed by atoms with Crippen molar-refractivity contribution in [3.63, 3.8) is 0 Å². The van der Waals surface area contributed by atoms with Crippen LogP contribution in [0.3, 0.4) is 0 Å². The topological polar surface area (TPSA) is 69.2 Å². The third kappa shape index (κ3) is 6.75. The van der Waals surface area contributed by atoms with Crippen LogP contribution in [0.25, 0.3) is 0 Å². The molecule has 0 aliphatic heterocycles. The molecule has 0 aliphatic carbocycles. The number of methoxy groups -OCH3 is 1. The highest BCUT2D eigenvalue weighted by Crippen LogP contribution is 2.29. The van der Waals surface area contributed by atoms with Crippen LogP contribution in [0.5, 0.6) is 17.2 Å². The Morgan fingerprint density at radius 1 is 1.03 bits per heavy atom.